The van der Waals surface area contributed by atoms with Crippen molar-refractivity contribution in [1.29, 1.82) is 0 Å². The van der Waals surface area contributed by atoms with Gasteiger partial charge in [-0.25, -0.2) is 0 Å². The topological polar surface area (TPSA) is 32.3 Å². The number of hydrogen-bond donors (Lipinski definition) is 1. The molecule has 0 aromatic heterocycles. The van der Waals surface area contributed by atoms with Crippen molar-refractivity contribution >= 4 is 29.3 Å². The average Bonchev–Trinajstić information content (AvgIpc) is 2.54. The van der Waals surface area contributed by atoms with E-state index in [1.54, 1.807) is 6.08 Å². The van der Waals surface area contributed by atoms with Crippen LogP contribution in [-0.4, -0.2) is 29.0 Å². The van der Waals surface area contributed by atoms with Crippen LogP contribution in [0.1, 0.15) is 37.7 Å². The van der Waals surface area contributed by atoms with Crippen molar-refractivity contribution in [3.05, 3.63) is 42.0 Å². The first kappa shape index (κ1) is 15.7. The van der Waals surface area contributed by atoms with Crippen molar-refractivity contribution in [2.24, 2.45) is 0 Å². The van der Waals surface area contributed by atoms with Crippen LogP contribution < -0.4 is 5.32 Å². The van der Waals surface area contributed by atoms with Crippen molar-refractivity contribution in [1.82, 2.24) is 10.2 Å². The van der Waals surface area contributed by atoms with E-state index in [1.165, 1.54) is 25.3 Å². The fourth-order valence-corrected chi connectivity index (χ4v) is 2.86. The smallest absolute Gasteiger partial charge is 0.250 e. The van der Waals surface area contributed by atoms with Crippen LogP contribution >= 0.6 is 12.2 Å². The molecule has 0 heterocycles. The second kappa shape index (κ2) is 7.93. The van der Waals surface area contributed by atoms with E-state index in [9.17, 15) is 4.79 Å². The minimum absolute atomic E-state index is 0.175. The molecule has 3 nitrogen and oxygen atoms in total. The molecule has 21 heavy (non-hydrogen) atoms. The molecule has 0 atom stereocenters. The van der Waals surface area contributed by atoms with Crippen LogP contribution in [0.15, 0.2) is 36.4 Å². The van der Waals surface area contributed by atoms with Gasteiger partial charge in [0.2, 0.25) is 5.91 Å². The zero-order chi connectivity index (χ0) is 15.1. The zero-order valence-electron chi connectivity index (χ0n) is 12.4. The van der Waals surface area contributed by atoms with Crippen LogP contribution in [0.25, 0.3) is 6.08 Å². The lowest BCUT2D eigenvalue weighted by molar-refractivity contribution is -0.115. The molecule has 1 aromatic rings. The lowest BCUT2D eigenvalue weighted by Gasteiger charge is -2.32. The maximum absolute atomic E-state index is 11.9. The van der Waals surface area contributed by atoms with E-state index in [2.05, 4.69) is 5.32 Å². The van der Waals surface area contributed by atoms with Crippen molar-refractivity contribution in [3.8, 4) is 0 Å². The van der Waals surface area contributed by atoms with Gasteiger partial charge >= 0.3 is 0 Å². The molecule has 1 aliphatic rings. The van der Waals surface area contributed by atoms with E-state index in [1.807, 2.05) is 42.3 Å². The van der Waals surface area contributed by atoms with Crippen molar-refractivity contribution < 1.29 is 4.79 Å². The Hall–Kier alpha value is -1.68. The summed E-state index contributed by atoms with van der Waals surface area (Å²) in [5.74, 6) is -0.175. The number of nitrogens with zero attached hydrogens (tertiary/aromatic N) is 1. The molecule has 1 amide bonds. The van der Waals surface area contributed by atoms with Crippen LogP contribution in [0.5, 0.6) is 0 Å². The quantitative estimate of drug-likeness (QED) is 0.686. The van der Waals surface area contributed by atoms with Gasteiger partial charge in [-0.05, 0) is 36.7 Å². The third-order valence-electron chi connectivity index (χ3n) is 3.90. The van der Waals surface area contributed by atoms with E-state index in [0.717, 1.165) is 18.4 Å². The van der Waals surface area contributed by atoms with Gasteiger partial charge in [0.05, 0.1) is 0 Å². The minimum atomic E-state index is -0.175. The summed E-state index contributed by atoms with van der Waals surface area (Å²) in [6.07, 6.45) is 9.44. The number of carbonyl (C=O) groups excluding carboxylic acids is 1. The average molecular weight is 302 g/mol. The minimum Gasteiger partial charge on any atom is -0.349 e. The van der Waals surface area contributed by atoms with Crippen LogP contribution in [-0.2, 0) is 4.79 Å². The zero-order valence-corrected chi connectivity index (χ0v) is 13.2. The number of hydrogen-bond acceptors (Lipinski definition) is 2. The number of benzene rings is 1. The summed E-state index contributed by atoms with van der Waals surface area (Å²) in [4.78, 5) is 13.9. The van der Waals surface area contributed by atoms with Gasteiger partial charge in [0.15, 0.2) is 5.11 Å². The van der Waals surface area contributed by atoms with E-state index >= 15 is 0 Å². The molecule has 0 radical (unpaired) electrons. The molecule has 0 saturated heterocycles. The predicted octanol–water partition coefficient (Wildman–Crippen LogP) is 3.37. The Bertz CT molecular complexity index is 507. The van der Waals surface area contributed by atoms with Gasteiger partial charge in [-0.15, -0.1) is 0 Å². The van der Waals surface area contributed by atoms with Crippen molar-refractivity contribution in [2.45, 2.75) is 38.1 Å². The SMILES string of the molecule is CN(C(=S)NC(=O)C=Cc1ccccc1)C1CCCCC1. The van der Waals surface area contributed by atoms with E-state index in [-0.39, 0.29) is 5.91 Å². The summed E-state index contributed by atoms with van der Waals surface area (Å²) in [5.41, 5.74) is 0.999. The fraction of sp³-hybridized carbons (Fsp3) is 0.412. The molecule has 1 saturated carbocycles. The van der Waals surface area contributed by atoms with Gasteiger partial charge < -0.3 is 4.90 Å². The van der Waals surface area contributed by atoms with E-state index < -0.39 is 0 Å². The molecule has 2 rings (SSSR count). The molecule has 1 aliphatic carbocycles. The number of rotatable bonds is 3. The maximum atomic E-state index is 11.9. The molecule has 1 N–H and O–H groups in total. The molecule has 4 heteroatoms. The number of amides is 1. The molecule has 112 valence electrons. The predicted molar refractivity (Wildman–Crippen MR) is 90.9 cm³/mol. The lowest BCUT2D eigenvalue weighted by Crippen LogP contribution is -2.45. The first-order valence-corrected chi connectivity index (χ1v) is 7.88. The van der Waals surface area contributed by atoms with Crippen molar-refractivity contribution in [3.63, 3.8) is 0 Å². The van der Waals surface area contributed by atoms with Gasteiger partial charge in [0.25, 0.3) is 0 Å². The molecule has 0 bridgehead atoms. The Labute approximate surface area is 132 Å². The van der Waals surface area contributed by atoms with Gasteiger partial charge in [0, 0.05) is 19.2 Å². The third-order valence-corrected chi connectivity index (χ3v) is 4.29. The first-order valence-electron chi connectivity index (χ1n) is 7.48. The highest BCUT2D eigenvalue weighted by atomic mass is 32.1. The highest BCUT2D eigenvalue weighted by Crippen LogP contribution is 2.21. The highest BCUT2D eigenvalue weighted by molar-refractivity contribution is 7.80. The van der Waals surface area contributed by atoms with Gasteiger partial charge in [-0.3, -0.25) is 10.1 Å². The molecular weight excluding hydrogens is 280 g/mol. The lowest BCUT2D eigenvalue weighted by atomic mass is 9.95. The highest BCUT2D eigenvalue weighted by Gasteiger charge is 2.20. The summed E-state index contributed by atoms with van der Waals surface area (Å²) in [6.45, 7) is 0. The van der Waals surface area contributed by atoms with Gasteiger partial charge in [-0.1, -0.05) is 49.6 Å². The Morgan fingerprint density at radius 2 is 1.90 bits per heavy atom. The van der Waals surface area contributed by atoms with Gasteiger partial charge in [0.1, 0.15) is 0 Å². The molecular formula is C17H22N2OS. The second-order valence-electron chi connectivity index (χ2n) is 5.44. The molecule has 1 fully saturated rings. The Morgan fingerprint density at radius 3 is 2.57 bits per heavy atom. The summed E-state index contributed by atoms with van der Waals surface area (Å²) in [5, 5.41) is 3.30. The first-order chi connectivity index (χ1) is 10.2. The molecule has 0 spiro atoms. The summed E-state index contributed by atoms with van der Waals surface area (Å²) < 4.78 is 0. The van der Waals surface area contributed by atoms with Crippen LogP contribution in [0.4, 0.5) is 0 Å². The fourth-order valence-electron chi connectivity index (χ4n) is 2.61. The summed E-state index contributed by atoms with van der Waals surface area (Å²) in [6, 6.07) is 10.2. The van der Waals surface area contributed by atoms with E-state index in [0.29, 0.717) is 11.2 Å². The van der Waals surface area contributed by atoms with E-state index in [4.69, 9.17) is 12.2 Å². The summed E-state index contributed by atoms with van der Waals surface area (Å²) >= 11 is 5.32. The molecule has 0 unspecified atom stereocenters. The normalized spacial score (nSPS) is 15.9. The maximum Gasteiger partial charge on any atom is 0.250 e. The molecule has 0 aliphatic heterocycles. The Balaban J connectivity index is 1.84. The number of thiocarbonyl (C=S) groups is 1. The van der Waals surface area contributed by atoms with Crippen molar-refractivity contribution in [2.75, 3.05) is 7.05 Å². The van der Waals surface area contributed by atoms with Crippen LogP contribution in [0.3, 0.4) is 0 Å². The third kappa shape index (κ3) is 4.97. The Morgan fingerprint density at radius 1 is 1.24 bits per heavy atom. The largest absolute Gasteiger partial charge is 0.349 e. The van der Waals surface area contributed by atoms with Crippen LogP contribution in [0.2, 0.25) is 0 Å². The number of nitrogens with one attached hydrogen (secondary N) is 1. The monoisotopic (exact) mass is 302 g/mol. The summed E-state index contributed by atoms with van der Waals surface area (Å²) in [7, 11) is 1.97. The Kier molecular flexibility index (Phi) is 5.93. The molecule has 1 aromatic carbocycles. The van der Waals surface area contributed by atoms with Crippen LogP contribution in [0, 0.1) is 0 Å². The van der Waals surface area contributed by atoms with Gasteiger partial charge in [-0.2, -0.15) is 0 Å². The standard InChI is InChI=1S/C17H22N2OS/c1-19(15-10-6-3-7-11-15)17(21)18-16(20)13-12-14-8-4-2-5-9-14/h2,4-5,8-9,12-13,15H,3,6-7,10-11H2,1H3,(H,18,20,21). The number of carbonyl (C=O) groups is 1. The second-order valence-corrected chi connectivity index (χ2v) is 5.83.